The highest BCUT2D eigenvalue weighted by Gasteiger charge is 2.07. The summed E-state index contributed by atoms with van der Waals surface area (Å²) >= 11 is 1.52. The van der Waals surface area contributed by atoms with Gasteiger partial charge in [0.2, 0.25) is 0 Å². The zero-order chi connectivity index (χ0) is 13.7. The van der Waals surface area contributed by atoms with Crippen molar-refractivity contribution >= 4 is 22.8 Å². The molecule has 2 nitrogen and oxygen atoms in total. The summed E-state index contributed by atoms with van der Waals surface area (Å²) in [6.45, 7) is 2.99. The second-order valence-electron chi connectivity index (χ2n) is 4.76. The Labute approximate surface area is 118 Å². The molecule has 0 unspecified atom stereocenters. The molecule has 1 aromatic heterocycles. The van der Waals surface area contributed by atoms with Crippen molar-refractivity contribution in [2.75, 3.05) is 18.5 Å². The van der Waals surface area contributed by atoms with Gasteiger partial charge < -0.3 is 4.90 Å². The first-order valence-electron chi connectivity index (χ1n) is 6.51. The summed E-state index contributed by atoms with van der Waals surface area (Å²) in [4.78, 5) is 14.9. The Kier molecular flexibility index (Phi) is 4.74. The van der Waals surface area contributed by atoms with E-state index in [1.54, 1.807) is 0 Å². The zero-order valence-electron chi connectivity index (χ0n) is 11.4. The lowest BCUT2D eigenvalue weighted by Crippen LogP contribution is -2.19. The van der Waals surface area contributed by atoms with Crippen LogP contribution >= 0.6 is 11.3 Å². The smallest absolute Gasteiger partial charge is 0.172 e. The lowest BCUT2D eigenvalue weighted by molar-refractivity contribution is 0.0984. The third-order valence-electron chi connectivity index (χ3n) is 3.17. The second-order valence-corrected chi connectivity index (χ2v) is 5.71. The average Bonchev–Trinajstić information content (AvgIpc) is 2.93. The summed E-state index contributed by atoms with van der Waals surface area (Å²) in [6.07, 6.45) is 1.51. The van der Waals surface area contributed by atoms with E-state index in [0.717, 1.165) is 17.8 Å². The number of nitrogens with zero attached hydrogens (tertiary/aromatic N) is 1. The molecular formula is C16H19NOS. The number of anilines is 1. The number of hydrogen-bond acceptors (Lipinski definition) is 3. The van der Waals surface area contributed by atoms with E-state index in [-0.39, 0.29) is 5.78 Å². The number of hydrogen-bond donors (Lipinski definition) is 0. The van der Waals surface area contributed by atoms with Crippen LogP contribution in [0.15, 0.2) is 41.8 Å². The first-order valence-corrected chi connectivity index (χ1v) is 7.39. The first kappa shape index (κ1) is 13.8. The Bertz CT molecular complexity index is 516. The minimum atomic E-state index is 0.257. The van der Waals surface area contributed by atoms with Gasteiger partial charge in [0.25, 0.3) is 0 Å². The first-order chi connectivity index (χ1) is 9.16. The largest absolute Gasteiger partial charge is 0.375 e. The molecule has 3 heteroatoms. The van der Waals surface area contributed by atoms with Crippen molar-refractivity contribution in [2.45, 2.75) is 19.8 Å². The molecule has 0 saturated carbocycles. The van der Waals surface area contributed by atoms with Crippen LogP contribution < -0.4 is 4.90 Å². The Morgan fingerprint density at radius 1 is 1.21 bits per heavy atom. The lowest BCUT2D eigenvalue weighted by Gasteiger charge is -2.19. The molecule has 100 valence electrons. The number of carbonyl (C=O) groups excluding carboxylic acids is 1. The molecule has 1 aromatic carbocycles. The maximum Gasteiger partial charge on any atom is 0.172 e. The monoisotopic (exact) mass is 273 g/mol. The van der Waals surface area contributed by atoms with Crippen LogP contribution in [0.3, 0.4) is 0 Å². The lowest BCUT2D eigenvalue weighted by atomic mass is 10.1. The predicted octanol–water partition coefficient (Wildman–Crippen LogP) is 4.16. The molecule has 0 saturated heterocycles. The van der Waals surface area contributed by atoms with Gasteiger partial charge in [0, 0.05) is 25.7 Å². The van der Waals surface area contributed by atoms with Gasteiger partial charge in [0.05, 0.1) is 4.88 Å². The van der Waals surface area contributed by atoms with Gasteiger partial charge in [-0.05, 0) is 36.9 Å². The standard InChI is InChI=1S/C16H19NOS/c1-13-7-9-14(10-8-13)17(2)11-3-5-15(18)16-6-4-12-19-16/h4,6-10,12H,3,5,11H2,1-2H3. The number of carbonyl (C=O) groups is 1. The maximum absolute atomic E-state index is 11.9. The van der Waals surface area contributed by atoms with E-state index in [9.17, 15) is 4.79 Å². The number of ketones is 1. The van der Waals surface area contributed by atoms with Crippen molar-refractivity contribution in [3.63, 3.8) is 0 Å². The van der Waals surface area contributed by atoms with Crippen LogP contribution in [0.2, 0.25) is 0 Å². The van der Waals surface area contributed by atoms with Crippen LogP contribution in [0.4, 0.5) is 5.69 Å². The predicted molar refractivity (Wildman–Crippen MR) is 82.3 cm³/mol. The van der Waals surface area contributed by atoms with Gasteiger partial charge in [-0.15, -0.1) is 11.3 Å². The van der Waals surface area contributed by atoms with Gasteiger partial charge in [-0.2, -0.15) is 0 Å². The number of aryl methyl sites for hydroxylation is 1. The Balaban J connectivity index is 1.79. The molecule has 2 aromatic rings. The van der Waals surface area contributed by atoms with Gasteiger partial charge in [-0.3, -0.25) is 4.79 Å². The minimum absolute atomic E-state index is 0.257. The molecule has 1 heterocycles. The van der Waals surface area contributed by atoms with Crippen LogP contribution in [-0.4, -0.2) is 19.4 Å². The van der Waals surface area contributed by atoms with Crippen LogP contribution in [0.25, 0.3) is 0 Å². The molecule has 0 radical (unpaired) electrons. The number of thiophene rings is 1. The molecule has 0 aliphatic rings. The van der Waals surface area contributed by atoms with E-state index < -0.39 is 0 Å². The van der Waals surface area contributed by atoms with Crippen molar-refractivity contribution in [3.05, 3.63) is 52.2 Å². The summed E-state index contributed by atoms with van der Waals surface area (Å²) in [6, 6.07) is 12.3. The van der Waals surface area contributed by atoms with Crippen LogP contribution in [0.1, 0.15) is 28.1 Å². The van der Waals surface area contributed by atoms with Crippen LogP contribution in [0, 0.1) is 6.92 Å². The van der Waals surface area contributed by atoms with Crippen LogP contribution in [0.5, 0.6) is 0 Å². The molecule has 0 aliphatic carbocycles. The highest BCUT2D eigenvalue weighted by molar-refractivity contribution is 7.12. The SMILES string of the molecule is Cc1ccc(N(C)CCCC(=O)c2cccs2)cc1. The fourth-order valence-electron chi connectivity index (χ4n) is 1.97. The van der Waals surface area contributed by atoms with E-state index in [1.807, 2.05) is 17.5 Å². The van der Waals surface area contributed by atoms with Crippen molar-refractivity contribution < 1.29 is 4.79 Å². The summed E-state index contributed by atoms with van der Waals surface area (Å²) in [5.41, 5.74) is 2.47. The summed E-state index contributed by atoms with van der Waals surface area (Å²) in [7, 11) is 2.07. The zero-order valence-corrected chi connectivity index (χ0v) is 12.2. The van der Waals surface area contributed by atoms with Crippen LogP contribution in [-0.2, 0) is 0 Å². The average molecular weight is 273 g/mol. The third-order valence-corrected chi connectivity index (χ3v) is 4.08. The highest BCUT2D eigenvalue weighted by Crippen LogP contribution is 2.15. The number of benzene rings is 1. The summed E-state index contributed by atoms with van der Waals surface area (Å²) in [5.74, 6) is 0.257. The topological polar surface area (TPSA) is 20.3 Å². The summed E-state index contributed by atoms with van der Waals surface area (Å²) < 4.78 is 0. The van der Waals surface area contributed by atoms with E-state index in [4.69, 9.17) is 0 Å². The van der Waals surface area contributed by atoms with Crippen molar-refractivity contribution in [3.8, 4) is 0 Å². The molecule has 0 spiro atoms. The van der Waals surface area contributed by atoms with Crippen molar-refractivity contribution in [2.24, 2.45) is 0 Å². The Hall–Kier alpha value is -1.61. The normalized spacial score (nSPS) is 10.4. The van der Waals surface area contributed by atoms with E-state index in [0.29, 0.717) is 6.42 Å². The molecule has 0 amide bonds. The minimum Gasteiger partial charge on any atom is -0.375 e. The van der Waals surface area contributed by atoms with Gasteiger partial charge in [0.15, 0.2) is 5.78 Å². The van der Waals surface area contributed by atoms with Gasteiger partial charge >= 0.3 is 0 Å². The summed E-state index contributed by atoms with van der Waals surface area (Å²) in [5, 5.41) is 1.95. The van der Waals surface area contributed by atoms with Gasteiger partial charge in [0.1, 0.15) is 0 Å². The molecular weight excluding hydrogens is 254 g/mol. The van der Waals surface area contributed by atoms with E-state index in [2.05, 4.69) is 43.1 Å². The highest BCUT2D eigenvalue weighted by atomic mass is 32.1. The number of rotatable bonds is 6. The fraction of sp³-hybridized carbons (Fsp3) is 0.312. The molecule has 0 aliphatic heterocycles. The van der Waals surface area contributed by atoms with Gasteiger partial charge in [-0.1, -0.05) is 23.8 Å². The van der Waals surface area contributed by atoms with E-state index >= 15 is 0 Å². The Morgan fingerprint density at radius 3 is 2.58 bits per heavy atom. The van der Waals surface area contributed by atoms with Gasteiger partial charge in [-0.25, -0.2) is 0 Å². The molecule has 0 fully saturated rings. The Morgan fingerprint density at radius 2 is 1.95 bits per heavy atom. The maximum atomic E-state index is 11.9. The fourth-order valence-corrected chi connectivity index (χ4v) is 2.66. The third kappa shape index (κ3) is 3.93. The molecule has 0 N–H and O–H groups in total. The van der Waals surface area contributed by atoms with Crippen molar-refractivity contribution in [1.29, 1.82) is 0 Å². The second kappa shape index (κ2) is 6.53. The molecule has 0 atom stereocenters. The van der Waals surface area contributed by atoms with E-state index in [1.165, 1.54) is 22.6 Å². The molecule has 2 rings (SSSR count). The molecule has 0 bridgehead atoms. The number of Topliss-reactive ketones (excluding diaryl/α,β-unsaturated/α-hetero) is 1. The molecule has 19 heavy (non-hydrogen) atoms. The quantitative estimate of drug-likeness (QED) is 0.737. The van der Waals surface area contributed by atoms with Crippen molar-refractivity contribution in [1.82, 2.24) is 0 Å².